The Balaban J connectivity index is 1.30. The van der Waals surface area contributed by atoms with E-state index in [1.807, 2.05) is 31.2 Å². The molecule has 1 aliphatic rings. The van der Waals surface area contributed by atoms with Gasteiger partial charge >= 0.3 is 12.1 Å². The number of ether oxygens (including phenoxy) is 1. The van der Waals surface area contributed by atoms with Crippen molar-refractivity contribution in [1.29, 1.82) is 0 Å². The van der Waals surface area contributed by atoms with Crippen LogP contribution in [0.1, 0.15) is 54.2 Å². The number of aliphatic carboxylic acids is 1. The maximum atomic E-state index is 12.5. The Hall–Kier alpha value is -4.16. The Bertz CT molecular complexity index is 1480. The summed E-state index contributed by atoms with van der Waals surface area (Å²) in [6.07, 6.45) is -0.187. The number of amides is 1. The topological polar surface area (TPSA) is 128 Å². The lowest BCUT2D eigenvalue weighted by atomic mass is 10.0. The molecule has 1 unspecified atom stereocenters. The first-order valence-corrected chi connectivity index (χ1v) is 11.1. The van der Waals surface area contributed by atoms with E-state index >= 15 is 0 Å². The zero-order chi connectivity index (χ0) is 24.7. The molecule has 178 valence electrons. The number of hydrogen-bond acceptors (Lipinski definition) is 7. The van der Waals surface area contributed by atoms with Crippen LogP contribution in [0.15, 0.2) is 49.8 Å². The number of rotatable bonds is 5. The Morgan fingerprint density at radius 2 is 2.00 bits per heavy atom. The fourth-order valence-electron chi connectivity index (χ4n) is 3.81. The van der Waals surface area contributed by atoms with Gasteiger partial charge in [-0.05, 0) is 67.3 Å². The van der Waals surface area contributed by atoms with Crippen molar-refractivity contribution in [3.05, 3.63) is 70.0 Å². The first-order chi connectivity index (χ1) is 16.8. The number of fused-ring (bicyclic) bond motifs is 1. The molecule has 1 fully saturated rings. The van der Waals surface area contributed by atoms with Crippen molar-refractivity contribution in [2.45, 2.75) is 38.2 Å². The van der Waals surface area contributed by atoms with Crippen molar-refractivity contribution in [2.24, 2.45) is 0 Å². The highest BCUT2D eigenvalue weighted by Crippen LogP contribution is 2.50. The number of nitrogens with one attached hydrogen (secondary N) is 1. The van der Waals surface area contributed by atoms with Gasteiger partial charge in [0.25, 0.3) is 11.0 Å². The van der Waals surface area contributed by atoms with E-state index in [4.69, 9.17) is 29.7 Å². The highest BCUT2D eigenvalue weighted by Gasteiger charge is 2.54. The number of carbonyl (C=O) groups is 2. The quantitative estimate of drug-likeness (QED) is 0.333. The fraction of sp³-hybridized carbons (Fsp3) is 0.240. The number of anilines is 1. The van der Waals surface area contributed by atoms with E-state index in [2.05, 4.69) is 22.3 Å². The molecule has 1 aromatic carbocycles. The maximum absolute atomic E-state index is 12.5. The van der Waals surface area contributed by atoms with E-state index < -0.39 is 23.6 Å². The minimum atomic E-state index is -0.962. The third kappa shape index (κ3) is 4.24. The normalized spacial score (nSPS) is 14.7. The second-order valence-electron chi connectivity index (χ2n) is 8.31. The van der Waals surface area contributed by atoms with E-state index in [0.717, 1.165) is 11.1 Å². The molecule has 4 aromatic rings. The summed E-state index contributed by atoms with van der Waals surface area (Å²) in [7, 11) is 0. The van der Waals surface area contributed by atoms with Crippen LogP contribution >= 0.6 is 11.6 Å². The molecule has 0 spiro atoms. The van der Waals surface area contributed by atoms with Crippen molar-refractivity contribution < 1.29 is 32.8 Å². The monoisotopic (exact) mass is 494 g/mol. The van der Waals surface area contributed by atoms with Crippen LogP contribution in [-0.2, 0) is 14.9 Å². The molecule has 1 amide bonds. The molecule has 1 saturated carbocycles. The van der Waals surface area contributed by atoms with Gasteiger partial charge in [-0.3, -0.25) is 10.1 Å². The highest BCUT2D eigenvalue weighted by atomic mass is 35.5. The number of hydrogen-bond donors (Lipinski definition) is 2. The average Bonchev–Trinajstić information content (AvgIpc) is 3.25. The van der Waals surface area contributed by atoms with Crippen molar-refractivity contribution in [3.63, 3.8) is 0 Å². The van der Waals surface area contributed by atoms with Crippen molar-refractivity contribution in [1.82, 2.24) is 5.16 Å². The first kappa shape index (κ1) is 22.6. The number of carboxylic acids is 1. The predicted molar refractivity (Wildman–Crippen MR) is 124 cm³/mol. The molecule has 0 saturated heterocycles. The second kappa shape index (κ2) is 8.56. The lowest BCUT2D eigenvalue weighted by Crippen LogP contribution is -2.18. The number of furan rings is 2. The molecule has 5 rings (SSSR count). The molecule has 0 radical (unpaired) electrons. The van der Waals surface area contributed by atoms with Crippen LogP contribution in [-0.4, -0.2) is 22.3 Å². The SMILES string of the molecule is Cc1ccccc1C(C)OC(=O)Nc1c(C#Cc2cc3cc(C4(C(=O)O)CC4)oc3o2)noc1Cl. The first-order valence-electron chi connectivity index (χ1n) is 10.7. The Labute approximate surface area is 204 Å². The molecule has 9 nitrogen and oxygen atoms in total. The Kier molecular flexibility index (Phi) is 5.53. The Morgan fingerprint density at radius 3 is 2.69 bits per heavy atom. The van der Waals surface area contributed by atoms with E-state index in [-0.39, 0.29) is 28.1 Å². The molecule has 1 aliphatic carbocycles. The number of halogens is 1. The predicted octanol–water partition coefficient (Wildman–Crippen LogP) is 5.80. The number of carbonyl (C=O) groups excluding carboxylic acids is 1. The lowest BCUT2D eigenvalue weighted by molar-refractivity contribution is -0.140. The summed E-state index contributed by atoms with van der Waals surface area (Å²) in [5.74, 6) is 5.40. The minimum Gasteiger partial charge on any atom is -0.480 e. The third-order valence-corrected chi connectivity index (χ3v) is 6.20. The van der Waals surface area contributed by atoms with Gasteiger partial charge in [-0.1, -0.05) is 29.4 Å². The van der Waals surface area contributed by atoms with Crippen LogP contribution in [0.3, 0.4) is 0 Å². The van der Waals surface area contributed by atoms with Crippen LogP contribution in [0.4, 0.5) is 10.5 Å². The smallest absolute Gasteiger partial charge is 0.412 e. The van der Waals surface area contributed by atoms with Gasteiger partial charge < -0.3 is 23.2 Å². The Morgan fingerprint density at radius 1 is 1.23 bits per heavy atom. The summed E-state index contributed by atoms with van der Waals surface area (Å²) in [6, 6.07) is 10.9. The van der Waals surface area contributed by atoms with E-state index in [0.29, 0.717) is 24.0 Å². The molecular weight excluding hydrogens is 476 g/mol. The molecule has 0 aliphatic heterocycles. The summed E-state index contributed by atoms with van der Waals surface area (Å²) < 4.78 is 21.6. The maximum Gasteiger partial charge on any atom is 0.412 e. The average molecular weight is 495 g/mol. The van der Waals surface area contributed by atoms with Gasteiger partial charge in [0.1, 0.15) is 23.0 Å². The summed E-state index contributed by atoms with van der Waals surface area (Å²) in [5.41, 5.74) is 1.05. The number of aromatic nitrogens is 1. The molecule has 35 heavy (non-hydrogen) atoms. The van der Waals surface area contributed by atoms with Crippen LogP contribution in [0.5, 0.6) is 0 Å². The number of carboxylic acid groups (broad SMARTS) is 1. The van der Waals surface area contributed by atoms with E-state index in [1.165, 1.54) is 0 Å². The highest BCUT2D eigenvalue weighted by molar-refractivity contribution is 6.32. The lowest BCUT2D eigenvalue weighted by Gasteiger charge is -2.15. The van der Waals surface area contributed by atoms with Crippen LogP contribution in [0.25, 0.3) is 11.2 Å². The van der Waals surface area contributed by atoms with Crippen LogP contribution in [0.2, 0.25) is 5.22 Å². The number of aryl methyl sites for hydroxylation is 1. The van der Waals surface area contributed by atoms with E-state index in [1.54, 1.807) is 19.1 Å². The van der Waals surface area contributed by atoms with Crippen molar-refractivity contribution >= 4 is 40.5 Å². The van der Waals surface area contributed by atoms with Crippen LogP contribution < -0.4 is 5.32 Å². The zero-order valence-electron chi connectivity index (χ0n) is 18.7. The molecule has 1 atom stereocenters. The van der Waals surface area contributed by atoms with Crippen LogP contribution in [0, 0.1) is 18.8 Å². The van der Waals surface area contributed by atoms with Gasteiger partial charge in [0.2, 0.25) is 0 Å². The van der Waals surface area contributed by atoms with Gasteiger partial charge in [-0.25, -0.2) is 4.79 Å². The molecular formula is C25H19ClN2O7. The van der Waals surface area contributed by atoms with Gasteiger partial charge in [-0.2, -0.15) is 0 Å². The van der Waals surface area contributed by atoms with Crippen molar-refractivity contribution in [2.75, 3.05) is 5.32 Å². The standard InChI is InChI=1S/C25H19ClN2O7/c1-13-5-3-4-6-17(13)14(2)32-24(31)27-20-18(28-35-21(20)26)8-7-16-11-15-12-19(34-22(15)33-16)25(9-10-25)23(29)30/h3-6,11-12,14H,9-10H2,1-2H3,(H,27,31)(H,29,30). The summed E-state index contributed by atoms with van der Waals surface area (Å²) in [6.45, 7) is 3.69. The van der Waals surface area contributed by atoms with Gasteiger partial charge in [-0.15, -0.1) is 0 Å². The number of benzene rings is 1. The van der Waals surface area contributed by atoms with Crippen molar-refractivity contribution in [3.8, 4) is 11.8 Å². The second-order valence-corrected chi connectivity index (χ2v) is 8.65. The van der Waals surface area contributed by atoms with Gasteiger partial charge in [0.05, 0.1) is 5.39 Å². The molecule has 10 heteroatoms. The largest absolute Gasteiger partial charge is 0.480 e. The number of nitrogens with zero attached hydrogens (tertiary/aromatic N) is 1. The van der Waals surface area contributed by atoms with Gasteiger partial charge in [0.15, 0.2) is 11.5 Å². The van der Waals surface area contributed by atoms with Gasteiger partial charge in [0, 0.05) is 6.07 Å². The summed E-state index contributed by atoms with van der Waals surface area (Å²) in [4.78, 5) is 23.9. The molecule has 3 heterocycles. The summed E-state index contributed by atoms with van der Waals surface area (Å²) >= 11 is 6.03. The molecule has 0 bridgehead atoms. The third-order valence-electron chi connectivity index (χ3n) is 5.94. The molecule has 3 aromatic heterocycles. The summed E-state index contributed by atoms with van der Waals surface area (Å²) in [5, 5.41) is 16.1. The fourth-order valence-corrected chi connectivity index (χ4v) is 3.98. The minimum absolute atomic E-state index is 0.0656. The zero-order valence-corrected chi connectivity index (χ0v) is 19.4. The molecule has 2 N–H and O–H groups in total. The van der Waals surface area contributed by atoms with E-state index in [9.17, 15) is 14.7 Å².